The van der Waals surface area contributed by atoms with Crippen LogP contribution in [-0.2, 0) is 6.54 Å². The summed E-state index contributed by atoms with van der Waals surface area (Å²) < 4.78 is 55.9. The Balaban J connectivity index is 1.60. The predicted molar refractivity (Wildman–Crippen MR) is 111 cm³/mol. The van der Waals surface area contributed by atoms with Gasteiger partial charge >= 0.3 is 6.36 Å². The molecule has 0 saturated heterocycles. The van der Waals surface area contributed by atoms with Gasteiger partial charge in [-0.15, -0.1) is 18.3 Å². The van der Waals surface area contributed by atoms with Gasteiger partial charge in [-0.1, -0.05) is 18.2 Å². The number of hydrogen-bond donors (Lipinski definition) is 2. The van der Waals surface area contributed by atoms with Gasteiger partial charge < -0.3 is 20.5 Å². The Morgan fingerprint density at radius 2 is 2.06 bits per heavy atom. The third-order valence-electron chi connectivity index (χ3n) is 4.56. The number of benzene rings is 1. The van der Waals surface area contributed by atoms with Crippen molar-refractivity contribution in [2.24, 2.45) is 0 Å². The van der Waals surface area contributed by atoms with E-state index in [1.807, 2.05) is 0 Å². The number of amides is 1. The van der Waals surface area contributed by atoms with Crippen molar-refractivity contribution in [2.75, 3.05) is 12.8 Å². The lowest BCUT2D eigenvalue weighted by molar-refractivity contribution is -0.274. The maximum absolute atomic E-state index is 12.9. The van der Waals surface area contributed by atoms with Crippen LogP contribution < -0.4 is 20.5 Å². The molecule has 4 rings (SSSR count). The second-order valence-corrected chi connectivity index (χ2v) is 6.75. The number of carbonyl (C=O) groups is 1. The van der Waals surface area contributed by atoms with Crippen LogP contribution in [0.15, 0.2) is 54.9 Å². The molecule has 0 unspecified atom stereocenters. The summed E-state index contributed by atoms with van der Waals surface area (Å²) in [4.78, 5) is 21.1. The average molecular weight is 459 g/mol. The maximum atomic E-state index is 12.9. The van der Waals surface area contributed by atoms with Crippen LogP contribution in [0.4, 0.5) is 19.1 Å². The smallest absolute Gasteiger partial charge is 0.480 e. The monoisotopic (exact) mass is 459 g/mol. The highest BCUT2D eigenvalue weighted by Crippen LogP contribution is 2.27. The fourth-order valence-corrected chi connectivity index (χ4v) is 3.11. The van der Waals surface area contributed by atoms with Crippen molar-refractivity contribution in [2.45, 2.75) is 12.9 Å². The molecule has 33 heavy (non-hydrogen) atoms. The van der Waals surface area contributed by atoms with E-state index in [0.29, 0.717) is 16.8 Å². The normalized spacial score (nSPS) is 11.8. The molecule has 3 heterocycles. The number of ether oxygens (including phenoxy) is 2. The Kier molecular flexibility index (Phi) is 5.39. The number of rotatable bonds is 6. The van der Waals surface area contributed by atoms with E-state index in [0.717, 1.165) is 6.07 Å². The third kappa shape index (κ3) is 4.95. The fourth-order valence-electron chi connectivity index (χ4n) is 3.11. The quantitative estimate of drug-likeness (QED) is 0.455. The summed E-state index contributed by atoms with van der Waals surface area (Å²) >= 11 is 0. The minimum absolute atomic E-state index is 0.000162. The van der Waals surface area contributed by atoms with Crippen LogP contribution in [0.2, 0.25) is 0 Å². The predicted octanol–water partition coefficient (Wildman–Crippen LogP) is 3.21. The van der Waals surface area contributed by atoms with Gasteiger partial charge in [-0.25, -0.2) is 9.50 Å². The summed E-state index contributed by atoms with van der Waals surface area (Å²) in [5, 5.41) is 6.54. The second-order valence-electron chi connectivity index (χ2n) is 6.75. The zero-order valence-corrected chi connectivity index (χ0v) is 16.8. The molecule has 0 bridgehead atoms. The molecular weight excluding hydrogens is 441 g/mol. The maximum Gasteiger partial charge on any atom is 0.573 e. The molecule has 0 radical (unpaired) electrons. The number of nitrogens with two attached hydrogens (primary N) is 1. The fraction of sp³-hybridized carbons (Fsp3) is 0.143. The molecule has 0 aliphatic rings. The van der Waals surface area contributed by atoms with Crippen LogP contribution in [0.5, 0.6) is 11.6 Å². The minimum atomic E-state index is -4.87. The number of nitrogens with one attached hydrogen (secondary N) is 1. The number of aromatic nitrogens is 4. The summed E-state index contributed by atoms with van der Waals surface area (Å²) in [6, 6.07) is 10.4. The van der Waals surface area contributed by atoms with Crippen molar-refractivity contribution in [1.82, 2.24) is 24.9 Å². The summed E-state index contributed by atoms with van der Waals surface area (Å²) in [6.45, 7) is -0.249. The van der Waals surface area contributed by atoms with Crippen LogP contribution in [0.3, 0.4) is 0 Å². The highest BCUT2D eigenvalue weighted by molar-refractivity contribution is 5.97. The van der Waals surface area contributed by atoms with Crippen molar-refractivity contribution in [1.29, 1.82) is 0 Å². The van der Waals surface area contributed by atoms with Gasteiger partial charge in [0.05, 0.1) is 8.46 Å². The number of methoxy groups -OCH3 is 1. The number of carbonyl (C=O) groups excluding carboxylic acids is 1. The summed E-state index contributed by atoms with van der Waals surface area (Å²) in [6.07, 6.45) is -1.77. The number of halogens is 3. The molecule has 0 aliphatic heterocycles. The molecular formula is C21H17F3N6O3. The van der Waals surface area contributed by atoms with Crippen molar-refractivity contribution in [3.8, 4) is 22.8 Å². The molecule has 0 fully saturated rings. The molecule has 3 N–H and O–H groups in total. The number of pyridine rings is 2. The Morgan fingerprint density at radius 3 is 2.85 bits per heavy atom. The highest BCUT2D eigenvalue weighted by atomic mass is 19.4. The molecule has 1 aromatic carbocycles. The number of anilines is 1. The van der Waals surface area contributed by atoms with Crippen LogP contribution >= 0.6 is 0 Å². The number of nitrogen functional groups attached to an aromatic ring is 1. The molecule has 0 aliphatic carbocycles. The van der Waals surface area contributed by atoms with Crippen molar-refractivity contribution in [3.05, 3.63) is 66.0 Å². The molecule has 12 heteroatoms. The van der Waals surface area contributed by atoms with Crippen molar-refractivity contribution < 1.29 is 28.8 Å². The summed E-state index contributed by atoms with van der Waals surface area (Å²) in [7, 11) is -0.486. The average Bonchev–Trinajstić information content (AvgIpc) is 3.17. The molecule has 1 amide bonds. The van der Waals surface area contributed by atoms with Gasteiger partial charge in [0.15, 0.2) is 5.65 Å². The van der Waals surface area contributed by atoms with Crippen molar-refractivity contribution >= 4 is 17.5 Å². The first-order valence-corrected chi connectivity index (χ1v) is 9.40. The lowest BCUT2D eigenvalue weighted by Gasteiger charge is -2.14. The third-order valence-corrected chi connectivity index (χ3v) is 4.56. The molecule has 170 valence electrons. The van der Waals surface area contributed by atoms with Crippen LogP contribution in [0.1, 0.15) is 17.3 Å². The molecule has 0 spiro atoms. The Labute approximate surface area is 186 Å². The van der Waals surface area contributed by atoms with Gasteiger partial charge in [-0.2, -0.15) is 4.98 Å². The first kappa shape index (κ1) is 20.5. The summed E-state index contributed by atoms with van der Waals surface area (Å²) in [5.74, 6) is -1.08. The molecule has 3 aromatic heterocycles. The van der Waals surface area contributed by atoms with Crippen LogP contribution in [0.25, 0.3) is 16.8 Å². The van der Waals surface area contributed by atoms with E-state index in [9.17, 15) is 18.0 Å². The second kappa shape index (κ2) is 8.65. The largest absolute Gasteiger partial charge is 0.573 e. The van der Waals surface area contributed by atoms with Crippen molar-refractivity contribution in [3.63, 3.8) is 0 Å². The standard InChI is InChI=1S/C21H17F3N6O3/c1-32-19-15(18(31)26-10-13-4-2-3-5-16(13)33-21(22,23)24)8-14(11-27-19)12-6-7-30-17(9-12)28-20(25)29-30/h2-9,11H,10H2,1H3,(H2,25,29)(H,26,31)/i1D. The van der Waals surface area contributed by atoms with Crippen LogP contribution in [-0.4, -0.2) is 38.9 Å². The number of para-hydroxylation sites is 1. The summed E-state index contributed by atoms with van der Waals surface area (Å²) in [5.41, 5.74) is 7.40. The molecule has 4 aromatic rings. The van der Waals surface area contributed by atoms with Gasteiger partial charge in [0.2, 0.25) is 11.8 Å². The van der Waals surface area contributed by atoms with E-state index in [2.05, 4.69) is 25.1 Å². The van der Waals surface area contributed by atoms with E-state index < -0.39 is 25.1 Å². The lowest BCUT2D eigenvalue weighted by atomic mass is 10.1. The van der Waals surface area contributed by atoms with E-state index in [1.165, 1.54) is 35.0 Å². The first-order chi connectivity index (χ1) is 16.2. The van der Waals surface area contributed by atoms with E-state index >= 15 is 0 Å². The molecule has 9 nitrogen and oxygen atoms in total. The van der Waals surface area contributed by atoms with Gasteiger partial charge in [-0.3, -0.25) is 4.79 Å². The van der Waals surface area contributed by atoms with Gasteiger partial charge in [0, 0.05) is 30.1 Å². The van der Waals surface area contributed by atoms with Crippen LogP contribution in [0, 0.1) is 0 Å². The van der Waals surface area contributed by atoms with E-state index in [-0.39, 0.29) is 29.5 Å². The molecule has 0 atom stereocenters. The Bertz CT molecular complexity index is 1350. The van der Waals surface area contributed by atoms with Gasteiger partial charge in [-0.05, 0) is 29.8 Å². The van der Waals surface area contributed by atoms with E-state index in [1.54, 1.807) is 18.3 Å². The minimum Gasteiger partial charge on any atom is -0.480 e. The number of hydrogen-bond acceptors (Lipinski definition) is 7. The Morgan fingerprint density at radius 1 is 1.24 bits per heavy atom. The topological polar surface area (TPSA) is 117 Å². The highest BCUT2D eigenvalue weighted by Gasteiger charge is 2.32. The number of fused-ring (bicyclic) bond motifs is 1. The van der Waals surface area contributed by atoms with E-state index in [4.69, 9.17) is 11.8 Å². The van der Waals surface area contributed by atoms with Gasteiger partial charge in [0.1, 0.15) is 11.3 Å². The lowest BCUT2D eigenvalue weighted by Crippen LogP contribution is -2.25. The first-order valence-electron chi connectivity index (χ1n) is 10.1. The van der Waals surface area contributed by atoms with Gasteiger partial charge in [0.25, 0.3) is 5.91 Å². The zero-order chi connectivity index (χ0) is 24.3. The number of nitrogens with zero attached hydrogens (tertiary/aromatic N) is 4. The number of alkyl halides is 3. The Hall–Kier alpha value is -4.35. The SMILES string of the molecule is [2H]COc1ncc(-c2ccn3nc(N)nc3c2)cc1C(=O)NCc1ccccc1OC(F)(F)F. The zero-order valence-electron chi connectivity index (χ0n) is 17.8. The molecule has 0 saturated carbocycles.